The van der Waals surface area contributed by atoms with E-state index in [1.807, 2.05) is 54.3 Å². The van der Waals surface area contributed by atoms with Crippen LogP contribution >= 0.6 is 0 Å². The van der Waals surface area contributed by atoms with Crippen molar-refractivity contribution in [1.29, 1.82) is 0 Å². The molecule has 0 aliphatic carbocycles. The Morgan fingerprint density at radius 3 is 2.58 bits per heavy atom. The zero-order chi connectivity index (χ0) is 16.9. The normalized spacial score (nSPS) is 14.0. The summed E-state index contributed by atoms with van der Waals surface area (Å²) in [6, 6.07) is 15.6. The number of likely N-dealkylation sites (tertiary alicyclic amines) is 1. The molecule has 1 aliphatic heterocycles. The monoisotopic (exact) mass is 322 g/mol. The number of hydrogen-bond acceptors (Lipinski definition) is 2. The number of benzene rings is 2. The van der Waals surface area contributed by atoms with Gasteiger partial charge < -0.3 is 10.2 Å². The fourth-order valence-electron chi connectivity index (χ4n) is 2.96. The molecular weight excluding hydrogens is 300 g/mol. The molecule has 3 rings (SSSR count). The lowest BCUT2D eigenvalue weighted by Gasteiger charge is -2.15. The highest BCUT2D eigenvalue weighted by atomic mass is 16.2. The molecule has 1 heterocycles. The smallest absolute Gasteiger partial charge is 0.251 e. The number of nitrogens with zero attached hydrogens (tertiary/aromatic N) is 1. The van der Waals surface area contributed by atoms with Gasteiger partial charge in [-0.05, 0) is 36.6 Å². The Morgan fingerprint density at radius 2 is 1.92 bits per heavy atom. The fourth-order valence-corrected chi connectivity index (χ4v) is 2.96. The number of carbonyl (C=O) groups is 2. The third-order valence-electron chi connectivity index (χ3n) is 4.30. The van der Waals surface area contributed by atoms with Gasteiger partial charge in [0.1, 0.15) is 0 Å². The minimum absolute atomic E-state index is 0.0831. The zero-order valence-corrected chi connectivity index (χ0v) is 13.9. The summed E-state index contributed by atoms with van der Waals surface area (Å²) in [5.41, 5.74) is 3.97. The van der Waals surface area contributed by atoms with Crippen LogP contribution in [0.4, 0.5) is 0 Å². The molecule has 0 aromatic heterocycles. The summed E-state index contributed by atoms with van der Waals surface area (Å²) in [4.78, 5) is 25.8. The highest BCUT2D eigenvalue weighted by molar-refractivity contribution is 5.94. The fraction of sp³-hybridized carbons (Fsp3) is 0.300. The zero-order valence-electron chi connectivity index (χ0n) is 13.9. The summed E-state index contributed by atoms with van der Waals surface area (Å²) < 4.78 is 0. The van der Waals surface area contributed by atoms with Gasteiger partial charge in [0.2, 0.25) is 5.91 Å². The lowest BCUT2D eigenvalue weighted by molar-refractivity contribution is -0.128. The van der Waals surface area contributed by atoms with Gasteiger partial charge in [0, 0.05) is 31.6 Å². The lowest BCUT2D eigenvalue weighted by atomic mass is 10.1. The molecule has 24 heavy (non-hydrogen) atoms. The molecule has 2 amide bonds. The van der Waals surface area contributed by atoms with Gasteiger partial charge in [-0.1, -0.05) is 42.0 Å². The lowest BCUT2D eigenvalue weighted by Crippen LogP contribution is -2.24. The van der Waals surface area contributed by atoms with Gasteiger partial charge in [0.05, 0.1) is 0 Å². The van der Waals surface area contributed by atoms with Crippen LogP contribution < -0.4 is 5.32 Å². The molecule has 0 radical (unpaired) electrons. The van der Waals surface area contributed by atoms with E-state index in [-0.39, 0.29) is 11.8 Å². The van der Waals surface area contributed by atoms with E-state index in [4.69, 9.17) is 0 Å². The van der Waals surface area contributed by atoms with Crippen molar-refractivity contribution in [1.82, 2.24) is 10.2 Å². The van der Waals surface area contributed by atoms with Crippen molar-refractivity contribution in [3.63, 3.8) is 0 Å². The molecule has 1 aliphatic rings. The predicted molar refractivity (Wildman–Crippen MR) is 93.4 cm³/mol. The second-order valence-corrected chi connectivity index (χ2v) is 6.29. The van der Waals surface area contributed by atoms with Crippen LogP contribution in [0.2, 0.25) is 0 Å². The van der Waals surface area contributed by atoms with Crippen LogP contribution in [0.15, 0.2) is 48.5 Å². The Labute approximate surface area is 142 Å². The van der Waals surface area contributed by atoms with E-state index in [1.165, 1.54) is 5.56 Å². The minimum atomic E-state index is -0.0831. The molecule has 0 unspecified atom stereocenters. The second kappa shape index (κ2) is 7.30. The summed E-state index contributed by atoms with van der Waals surface area (Å²) in [5.74, 6) is 0.135. The molecule has 2 aromatic rings. The molecule has 0 spiro atoms. The minimum Gasteiger partial charge on any atom is -0.348 e. The summed E-state index contributed by atoms with van der Waals surface area (Å²) in [6.07, 6.45) is 1.59. The Hall–Kier alpha value is -2.62. The molecule has 0 saturated carbocycles. The van der Waals surface area contributed by atoms with Gasteiger partial charge in [-0.2, -0.15) is 0 Å². The van der Waals surface area contributed by atoms with E-state index in [9.17, 15) is 9.59 Å². The van der Waals surface area contributed by atoms with E-state index in [0.29, 0.717) is 25.1 Å². The van der Waals surface area contributed by atoms with Gasteiger partial charge >= 0.3 is 0 Å². The van der Waals surface area contributed by atoms with Crippen LogP contribution in [0.1, 0.15) is 39.9 Å². The molecule has 2 aromatic carbocycles. The van der Waals surface area contributed by atoms with Crippen LogP contribution in [0.25, 0.3) is 0 Å². The van der Waals surface area contributed by atoms with E-state index in [1.54, 1.807) is 0 Å². The largest absolute Gasteiger partial charge is 0.348 e. The second-order valence-electron chi connectivity index (χ2n) is 6.29. The van der Waals surface area contributed by atoms with E-state index < -0.39 is 0 Å². The third-order valence-corrected chi connectivity index (χ3v) is 4.30. The molecule has 0 bridgehead atoms. The van der Waals surface area contributed by atoms with Crippen LogP contribution in [0.3, 0.4) is 0 Å². The quantitative estimate of drug-likeness (QED) is 0.920. The van der Waals surface area contributed by atoms with Gasteiger partial charge in [-0.3, -0.25) is 9.59 Å². The number of hydrogen-bond donors (Lipinski definition) is 1. The van der Waals surface area contributed by atoms with Crippen LogP contribution in [0, 0.1) is 6.92 Å². The van der Waals surface area contributed by atoms with Crippen molar-refractivity contribution in [2.75, 3.05) is 6.54 Å². The van der Waals surface area contributed by atoms with Gasteiger partial charge in [0.15, 0.2) is 0 Å². The first kappa shape index (κ1) is 16.2. The van der Waals surface area contributed by atoms with Gasteiger partial charge in [-0.25, -0.2) is 0 Å². The Morgan fingerprint density at radius 1 is 1.12 bits per heavy atom. The SMILES string of the molecule is Cc1cccc(CNC(=O)c2ccc(CN3CCCC3=O)cc2)c1. The standard InChI is InChI=1S/C20H22N2O2/c1-15-4-2-5-17(12-15)13-21-20(24)18-9-7-16(8-10-18)14-22-11-3-6-19(22)23/h2,4-5,7-10,12H,3,6,11,13-14H2,1H3,(H,21,24). The first-order valence-corrected chi connectivity index (χ1v) is 8.32. The number of rotatable bonds is 5. The maximum absolute atomic E-state index is 12.2. The summed E-state index contributed by atoms with van der Waals surface area (Å²) in [7, 11) is 0. The van der Waals surface area contributed by atoms with Crippen molar-refractivity contribution in [3.8, 4) is 0 Å². The van der Waals surface area contributed by atoms with E-state index in [2.05, 4.69) is 11.4 Å². The average Bonchev–Trinajstić information content (AvgIpc) is 2.98. The number of carbonyl (C=O) groups excluding carboxylic acids is 2. The Bertz CT molecular complexity index is 738. The molecule has 124 valence electrons. The van der Waals surface area contributed by atoms with Gasteiger partial charge in [0.25, 0.3) is 5.91 Å². The number of nitrogens with one attached hydrogen (secondary N) is 1. The van der Waals surface area contributed by atoms with E-state index in [0.717, 1.165) is 24.1 Å². The number of amides is 2. The van der Waals surface area contributed by atoms with Crippen molar-refractivity contribution in [2.24, 2.45) is 0 Å². The summed E-state index contributed by atoms with van der Waals surface area (Å²) in [5, 5.41) is 2.94. The molecular formula is C20H22N2O2. The van der Waals surface area contributed by atoms with Crippen molar-refractivity contribution >= 4 is 11.8 Å². The van der Waals surface area contributed by atoms with Crippen molar-refractivity contribution in [2.45, 2.75) is 32.9 Å². The van der Waals surface area contributed by atoms with Crippen molar-refractivity contribution in [3.05, 3.63) is 70.8 Å². The molecule has 1 fully saturated rings. The molecule has 1 saturated heterocycles. The molecule has 4 nitrogen and oxygen atoms in total. The number of aryl methyl sites for hydroxylation is 1. The van der Waals surface area contributed by atoms with Crippen LogP contribution in [-0.4, -0.2) is 23.3 Å². The molecule has 4 heteroatoms. The average molecular weight is 322 g/mol. The topological polar surface area (TPSA) is 49.4 Å². The maximum atomic E-state index is 12.2. The highest BCUT2D eigenvalue weighted by Gasteiger charge is 2.19. The first-order valence-electron chi connectivity index (χ1n) is 8.32. The Kier molecular flexibility index (Phi) is 4.94. The predicted octanol–water partition coefficient (Wildman–Crippen LogP) is 3.05. The van der Waals surface area contributed by atoms with Crippen LogP contribution in [-0.2, 0) is 17.9 Å². The Balaban J connectivity index is 1.56. The first-order chi connectivity index (χ1) is 11.6. The maximum Gasteiger partial charge on any atom is 0.251 e. The van der Waals surface area contributed by atoms with E-state index >= 15 is 0 Å². The van der Waals surface area contributed by atoms with Crippen LogP contribution in [0.5, 0.6) is 0 Å². The van der Waals surface area contributed by atoms with Crippen molar-refractivity contribution < 1.29 is 9.59 Å². The molecule has 1 N–H and O–H groups in total. The third kappa shape index (κ3) is 4.02. The van der Waals surface area contributed by atoms with Gasteiger partial charge in [-0.15, -0.1) is 0 Å². The molecule has 0 atom stereocenters. The summed E-state index contributed by atoms with van der Waals surface area (Å²) in [6.45, 7) is 4.02. The summed E-state index contributed by atoms with van der Waals surface area (Å²) >= 11 is 0. The highest BCUT2D eigenvalue weighted by Crippen LogP contribution is 2.15.